The van der Waals surface area contributed by atoms with Gasteiger partial charge in [-0.05, 0) is 5.56 Å². The lowest BCUT2D eigenvalue weighted by Gasteiger charge is -2.23. The van der Waals surface area contributed by atoms with Crippen molar-refractivity contribution < 1.29 is 9.59 Å². The number of carbonyl (C=O) groups is 2. The Labute approximate surface area is 118 Å². The van der Waals surface area contributed by atoms with Gasteiger partial charge in [0.15, 0.2) is 0 Å². The maximum Gasteiger partial charge on any atom is 0.243 e. The molecule has 0 aliphatic carbocycles. The maximum atomic E-state index is 11.8. The fourth-order valence-electron chi connectivity index (χ4n) is 1.94. The third-order valence-corrected chi connectivity index (χ3v) is 2.95. The first-order valence-electron chi connectivity index (χ1n) is 6.51. The van der Waals surface area contributed by atoms with Crippen LogP contribution in [0.25, 0.3) is 0 Å². The quantitative estimate of drug-likeness (QED) is 0.821. The zero-order valence-corrected chi connectivity index (χ0v) is 11.2. The van der Waals surface area contributed by atoms with Crippen molar-refractivity contribution in [2.24, 2.45) is 5.10 Å². The van der Waals surface area contributed by atoms with Crippen LogP contribution >= 0.6 is 0 Å². The van der Waals surface area contributed by atoms with Crippen LogP contribution in [0, 0.1) is 0 Å². The molecule has 0 spiro atoms. The molecule has 1 aliphatic rings. The van der Waals surface area contributed by atoms with Gasteiger partial charge in [0.05, 0.1) is 5.71 Å². The van der Waals surface area contributed by atoms with Crippen LogP contribution in [-0.2, 0) is 9.59 Å². The van der Waals surface area contributed by atoms with Gasteiger partial charge in [0, 0.05) is 19.4 Å². The van der Waals surface area contributed by atoms with Gasteiger partial charge in [0.2, 0.25) is 11.8 Å². The highest BCUT2D eigenvalue weighted by Crippen LogP contribution is 2.14. The Morgan fingerprint density at radius 3 is 2.80 bits per heavy atom. The Kier molecular flexibility index (Phi) is 4.65. The molecule has 1 heterocycles. The van der Waals surface area contributed by atoms with Crippen LogP contribution < -0.4 is 5.32 Å². The Bertz CT molecular complexity index is 537. The summed E-state index contributed by atoms with van der Waals surface area (Å²) in [5.74, 6) is -0.366. The number of hydrazone groups is 1. The number of nitrogens with zero attached hydrogens (tertiary/aromatic N) is 2. The van der Waals surface area contributed by atoms with Crippen molar-refractivity contribution in [1.82, 2.24) is 10.3 Å². The minimum absolute atomic E-state index is 0.0526. The van der Waals surface area contributed by atoms with Crippen LogP contribution in [0.3, 0.4) is 0 Å². The summed E-state index contributed by atoms with van der Waals surface area (Å²) in [7, 11) is 0. The van der Waals surface area contributed by atoms with E-state index >= 15 is 0 Å². The lowest BCUT2D eigenvalue weighted by molar-refractivity contribution is -0.136. The first-order chi connectivity index (χ1) is 9.70. The molecule has 0 saturated heterocycles. The summed E-state index contributed by atoms with van der Waals surface area (Å²) in [4.78, 5) is 23.4. The molecule has 0 bridgehead atoms. The van der Waals surface area contributed by atoms with Crippen LogP contribution in [0.5, 0.6) is 0 Å². The lowest BCUT2D eigenvalue weighted by Crippen LogP contribution is -2.40. The second kappa shape index (κ2) is 6.65. The van der Waals surface area contributed by atoms with Gasteiger partial charge < -0.3 is 5.32 Å². The van der Waals surface area contributed by atoms with Crippen LogP contribution in [0.15, 0.2) is 48.1 Å². The second-order valence-corrected chi connectivity index (χ2v) is 4.46. The van der Waals surface area contributed by atoms with E-state index in [1.807, 2.05) is 30.3 Å². The van der Waals surface area contributed by atoms with E-state index in [-0.39, 0.29) is 18.4 Å². The molecule has 0 fully saturated rings. The first-order valence-corrected chi connectivity index (χ1v) is 6.51. The van der Waals surface area contributed by atoms with Gasteiger partial charge in [-0.2, -0.15) is 5.10 Å². The van der Waals surface area contributed by atoms with E-state index in [4.69, 9.17) is 0 Å². The summed E-state index contributed by atoms with van der Waals surface area (Å²) in [6.45, 7) is 3.86. The van der Waals surface area contributed by atoms with Gasteiger partial charge in [-0.1, -0.05) is 36.4 Å². The first kappa shape index (κ1) is 14.0. The van der Waals surface area contributed by atoms with Crippen molar-refractivity contribution in [3.8, 4) is 0 Å². The van der Waals surface area contributed by atoms with E-state index in [1.54, 1.807) is 6.08 Å². The van der Waals surface area contributed by atoms with Crippen LogP contribution in [0.2, 0.25) is 0 Å². The zero-order valence-electron chi connectivity index (χ0n) is 11.2. The minimum atomic E-state index is -0.240. The highest BCUT2D eigenvalue weighted by Gasteiger charge is 2.22. The van der Waals surface area contributed by atoms with E-state index in [0.29, 0.717) is 19.4 Å². The fourth-order valence-corrected chi connectivity index (χ4v) is 1.94. The summed E-state index contributed by atoms with van der Waals surface area (Å²) in [6.07, 6.45) is 2.57. The Morgan fingerprint density at radius 1 is 1.35 bits per heavy atom. The second-order valence-electron chi connectivity index (χ2n) is 4.46. The molecule has 5 nitrogen and oxygen atoms in total. The molecule has 20 heavy (non-hydrogen) atoms. The SMILES string of the molecule is C=CCNC(=O)CN1N=C(c2ccccc2)CCC1=O. The molecule has 1 aliphatic heterocycles. The molecule has 0 saturated carbocycles. The summed E-state index contributed by atoms with van der Waals surface area (Å²) in [6, 6.07) is 9.68. The van der Waals surface area contributed by atoms with E-state index in [9.17, 15) is 9.59 Å². The summed E-state index contributed by atoms with van der Waals surface area (Å²) >= 11 is 0. The Morgan fingerprint density at radius 2 is 2.10 bits per heavy atom. The highest BCUT2D eigenvalue weighted by atomic mass is 16.2. The number of nitrogens with one attached hydrogen (secondary N) is 1. The largest absolute Gasteiger partial charge is 0.351 e. The smallest absolute Gasteiger partial charge is 0.243 e. The third kappa shape index (κ3) is 3.54. The molecule has 0 aromatic heterocycles. The molecule has 5 heteroatoms. The highest BCUT2D eigenvalue weighted by molar-refractivity contribution is 6.04. The standard InChI is InChI=1S/C15H17N3O2/c1-2-10-16-14(19)11-18-15(20)9-8-13(17-18)12-6-4-3-5-7-12/h2-7H,1,8-11H2,(H,16,19). The molecule has 1 aromatic rings. The fraction of sp³-hybridized carbons (Fsp3) is 0.267. The molecule has 1 N–H and O–H groups in total. The molecule has 104 valence electrons. The van der Waals surface area contributed by atoms with E-state index in [0.717, 1.165) is 11.3 Å². The third-order valence-electron chi connectivity index (χ3n) is 2.95. The molecule has 1 aromatic carbocycles. The van der Waals surface area contributed by atoms with E-state index < -0.39 is 0 Å². The number of benzene rings is 1. The van der Waals surface area contributed by atoms with Gasteiger partial charge >= 0.3 is 0 Å². The van der Waals surface area contributed by atoms with Crippen LogP contribution in [0.1, 0.15) is 18.4 Å². The number of amides is 2. The Balaban J connectivity index is 2.09. The number of carbonyl (C=O) groups excluding carboxylic acids is 2. The topological polar surface area (TPSA) is 61.8 Å². The van der Waals surface area contributed by atoms with Crippen molar-refractivity contribution in [3.05, 3.63) is 48.6 Å². The molecular weight excluding hydrogens is 254 g/mol. The van der Waals surface area contributed by atoms with E-state index in [1.165, 1.54) is 5.01 Å². The molecule has 0 radical (unpaired) electrons. The summed E-state index contributed by atoms with van der Waals surface area (Å²) < 4.78 is 0. The van der Waals surface area contributed by atoms with Crippen molar-refractivity contribution in [2.45, 2.75) is 12.8 Å². The number of rotatable bonds is 5. The molecule has 2 amide bonds. The van der Waals surface area contributed by atoms with Crippen molar-refractivity contribution in [1.29, 1.82) is 0 Å². The predicted octanol–water partition coefficient (Wildman–Crippen LogP) is 1.32. The molecular formula is C15H17N3O2. The number of hydrogen-bond acceptors (Lipinski definition) is 3. The van der Waals surface area contributed by atoms with E-state index in [2.05, 4.69) is 17.0 Å². The predicted molar refractivity (Wildman–Crippen MR) is 77.1 cm³/mol. The Hall–Kier alpha value is -2.43. The maximum absolute atomic E-state index is 11.8. The van der Waals surface area contributed by atoms with Crippen molar-refractivity contribution in [3.63, 3.8) is 0 Å². The molecule has 0 atom stereocenters. The van der Waals surface area contributed by atoms with Crippen LogP contribution in [-0.4, -0.2) is 35.6 Å². The monoisotopic (exact) mass is 271 g/mol. The average Bonchev–Trinajstić information content (AvgIpc) is 2.48. The lowest BCUT2D eigenvalue weighted by atomic mass is 10.0. The zero-order chi connectivity index (χ0) is 14.4. The number of hydrogen-bond donors (Lipinski definition) is 1. The summed E-state index contributed by atoms with van der Waals surface area (Å²) in [5, 5.41) is 8.17. The molecule has 0 unspecified atom stereocenters. The summed E-state index contributed by atoms with van der Waals surface area (Å²) in [5.41, 5.74) is 1.82. The molecule has 2 rings (SSSR count). The van der Waals surface area contributed by atoms with Gasteiger partial charge in [0.25, 0.3) is 0 Å². The van der Waals surface area contributed by atoms with Crippen molar-refractivity contribution in [2.75, 3.05) is 13.1 Å². The van der Waals surface area contributed by atoms with Gasteiger partial charge in [-0.3, -0.25) is 9.59 Å². The van der Waals surface area contributed by atoms with Gasteiger partial charge in [-0.15, -0.1) is 6.58 Å². The minimum Gasteiger partial charge on any atom is -0.351 e. The normalized spacial score (nSPS) is 14.7. The van der Waals surface area contributed by atoms with Crippen LogP contribution in [0.4, 0.5) is 0 Å². The van der Waals surface area contributed by atoms with Gasteiger partial charge in [-0.25, -0.2) is 5.01 Å². The van der Waals surface area contributed by atoms with Crippen molar-refractivity contribution >= 4 is 17.5 Å². The van der Waals surface area contributed by atoms with Gasteiger partial charge in [0.1, 0.15) is 6.54 Å². The average molecular weight is 271 g/mol.